The SMILES string of the molecule is CC(CCl)N(C)Cc1cc(Br)cs1. The van der Waals surface area contributed by atoms with Crippen molar-refractivity contribution in [1.82, 2.24) is 4.90 Å². The largest absolute Gasteiger partial charge is 0.297 e. The smallest absolute Gasteiger partial charge is 0.0376 e. The molecule has 0 spiro atoms. The molecule has 0 aromatic carbocycles. The lowest BCUT2D eigenvalue weighted by molar-refractivity contribution is 0.271. The molecule has 1 atom stereocenters. The summed E-state index contributed by atoms with van der Waals surface area (Å²) in [6.45, 7) is 3.11. The fourth-order valence-electron chi connectivity index (χ4n) is 0.956. The first-order chi connectivity index (χ1) is 6.13. The van der Waals surface area contributed by atoms with Gasteiger partial charge in [-0.3, -0.25) is 4.90 Å². The van der Waals surface area contributed by atoms with E-state index in [2.05, 4.69) is 46.2 Å². The molecule has 13 heavy (non-hydrogen) atoms. The van der Waals surface area contributed by atoms with Crippen LogP contribution in [0.25, 0.3) is 0 Å². The van der Waals surface area contributed by atoms with E-state index in [1.165, 1.54) is 9.35 Å². The Kier molecular flexibility index (Phi) is 4.73. The van der Waals surface area contributed by atoms with E-state index in [4.69, 9.17) is 11.6 Å². The topological polar surface area (TPSA) is 3.24 Å². The third-order valence-electron chi connectivity index (χ3n) is 2.00. The minimum Gasteiger partial charge on any atom is -0.297 e. The molecule has 0 saturated carbocycles. The van der Waals surface area contributed by atoms with Crippen LogP contribution in [0.2, 0.25) is 0 Å². The molecule has 1 rings (SSSR count). The van der Waals surface area contributed by atoms with E-state index in [9.17, 15) is 0 Å². The van der Waals surface area contributed by atoms with Gasteiger partial charge in [0.05, 0.1) is 0 Å². The minimum absolute atomic E-state index is 0.433. The van der Waals surface area contributed by atoms with Crippen molar-refractivity contribution >= 4 is 38.9 Å². The highest BCUT2D eigenvalue weighted by Crippen LogP contribution is 2.21. The zero-order valence-corrected chi connectivity index (χ0v) is 10.9. The molecule has 1 nitrogen and oxygen atoms in total. The summed E-state index contributed by atoms with van der Waals surface area (Å²) >= 11 is 11.0. The van der Waals surface area contributed by atoms with Gasteiger partial charge in [0.25, 0.3) is 0 Å². The average molecular weight is 283 g/mol. The number of thiophene rings is 1. The van der Waals surface area contributed by atoms with Gasteiger partial charge in [-0.15, -0.1) is 22.9 Å². The van der Waals surface area contributed by atoms with E-state index in [0.717, 1.165) is 6.54 Å². The lowest BCUT2D eigenvalue weighted by atomic mass is 10.3. The van der Waals surface area contributed by atoms with Gasteiger partial charge in [-0.05, 0) is 36.0 Å². The molecule has 0 aliphatic rings. The molecule has 0 amide bonds. The number of hydrogen-bond donors (Lipinski definition) is 0. The molecule has 1 aromatic rings. The molecule has 1 aromatic heterocycles. The zero-order chi connectivity index (χ0) is 9.84. The monoisotopic (exact) mass is 281 g/mol. The van der Waals surface area contributed by atoms with Crippen LogP contribution < -0.4 is 0 Å². The highest BCUT2D eigenvalue weighted by molar-refractivity contribution is 9.10. The summed E-state index contributed by atoms with van der Waals surface area (Å²) in [7, 11) is 2.10. The Morgan fingerprint density at radius 1 is 1.69 bits per heavy atom. The Morgan fingerprint density at radius 3 is 2.85 bits per heavy atom. The fraction of sp³-hybridized carbons (Fsp3) is 0.556. The van der Waals surface area contributed by atoms with Gasteiger partial charge in [-0.1, -0.05) is 0 Å². The summed E-state index contributed by atoms with van der Waals surface area (Å²) in [6.07, 6.45) is 0. The van der Waals surface area contributed by atoms with Crippen LogP contribution in [0.1, 0.15) is 11.8 Å². The maximum atomic E-state index is 5.77. The summed E-state index contributed by atoms with van der Waals surface area (Å²) in [5, 5.41) is 2.11. The third kappa shape index (κ3) is 3.58. The van der Waals surface area contributed by atoms with Crippen LogP contribution in [0, 0.1) is 0 Å². The first-order valence-corrected chi connectivity index (χ1v) is 6.33. The molecule has 1 heterocycles. The molecule has 0 aliphatic heterocycles. The second-order valence-electron chi connectivity index (χ2n) is 3.15. The predicted molar refractivity (Wildman–Crippen MR) is 63.7 cm³/mol. The van der Waals surface area contributed by atoms with Crippen molar-refractivity contribution in [3.63, 3.8) is 0 Å². The third-order valence-corrected chi connectivity index (χ3v) is 4.13. The van der Waals surface area contributed by atoms with Gasteiger partial charge in [0, 0.05) is 33.2 Å². The number of rotatable bonds is 4. The van der Waals surface area contributed by atoms with Crippen molar-refractivity contribution in [3.05, 3.63) is 20.8 Å². The summed E-state index contributed by atoms with van der Waals surface area (Å²) in [5.41, 5.74) is 0. The van der Waals surface area contributed by atoms with Crippen LogP contribution in [-0.2, 0) is 6.54 Å². The predicted octanol–water partition coefficient (Wildman–Crippen LogP) is 3.57. The van der Waals surface area contributed by atoms with E-state index >= 15 is 0 Å². The van der Waals surface area contributed by atoms with Crippen molar-refractivity contribution in [2.75, 3.05) is 12.9 Å². The van der Waals surface area contributed by atoms with Crippen LogP contribution in [0.4, 0.5) is 0 Å². The Hall–Kier alpha value is 0.430. The van der Waals surface area contributed by atoms with Crippen molar-refractivity contribution in [2.45, 2.75) is 19.5 Å². The van der Waals surface area contributed by atoms with Crippen LogP contribution >= 0.6 is 38.9 Å². The molecule has 0 bridgehead atoms. The first kappa shape index (κ1) is 11.5. The number of hydrogen-bond acceptors (Lipinski definition) is 2. The van der Waals surface area contributed by atoms with E-state index < -0.39 is 0 Å². The van der Waals surface area contributed by atoms with Crippen LogP contribution in [0.5, 0.6) is 0 Å². The lowest BCUT2D eigenvalue weighted by Gasteiger charge is -2.21. The van der Waals surface area contributed by atoms with Gasteiger partial charge in [-0.2, -0.15) is 0 Å². The van der Waals surface area contributed by atoms with Crippen LogP contribution in [0.15, 0.2) is 15.9 Å². The summed E-state index contributed by atoms with van der Waals surface area (Å²) in [6, 6.07) is 2.59. The molecule has 0 aliphatic carbocycles. The molecule has 0 radical (unpaired) electrons. The van der Waals surface area contributed by atoms with Crippen LogP contribution in [-0.4, -0.2) is 23.9 Å². The highest BCUT2D eigenvalue weighted by atomic mass is 79.9. The number of nitrogens with zero attached hydrogens (tertiary/aromatic N) is 1. The van der Waals surface area contributed by atoms with Crippen molar-refractivity contribution in [1.29, 1.82) is 0 Å². The number of halogens is 2. The Balaban J connectivity index is 2.49. The first-order valence-electron chi connectivity index (χ1n) is 4.12. The molecule has 0 saturated heterocycles. The molecular weight excluding hydrogens is 270 g/mol. The van der Waals surface area contributed by atoms with E-state index in [0.29, 0.717) is 11.9 Å². The van der Waals surface area contributed by atoms with Crippen LogP contribution in [0.3, 0.4) is 0 Å². The molecule has 0 N–H and O–H groups in total. The van der Waals surface area contributed by atoms with Gasteiger partial charge < -0.3 is 0 Å². The fourth-order valence-corrected chi connectivity index (χ4v) is 2.71. The molecule has 4 heteroatoms. The Bertz CT molecular complexity index is 264. The maximum Gasteiger partial charge on any atom is 0.0376 e. The number of alkyl halides is 1. The Labute approximate surface area is 96.8 Å². The molecular formula is C9H13BrClNS. The second-order valence-corrected chi connectivity index (χ2v) is 5.37. The van der Waals surface area contributed by atoms with E-state index in [-0.39, 0.29) is 0 Å². The van der Waals surface area contributed by atoms with Crippen molar-refractivity contribution in [3.8, 4) is 0 Å². The quantitative estimate of drug-likeness (QED) is 0.763. The van der Waals surface area contributed by atoms with Gasteiger partial charge in [0.1, 0.15) is 0 Å². The summed E-state index contributed by atoms with van der Waals surface area (Å²) < 4.78 is 1.17. The van der Waals surface area contributed by atoms with Gasteiger partial charge in [0.15, 0.2) is 0 Å². The van der Waals surface area contributed by atoms with E-state index in [1.807, 2.05) is 0 Å². The van der Waals surface area contributed by atoms with Crippen molar-refractivity contribution < 1.29 is 0 Å². The zero-order valence-electron chi connectivity index (χ0n) is 7.76. The molecule has 1 unspecified atom stereocenters. The molecule has 0 fully saturated rings. The van der Waals surface area contributed by atoms with Gasteiger partial charge >= 0.3 is 0 Å². The Morgan fingerprint density at radius 2 is 2.38 bits per heavy atom. The van der Waals surface area contributed by atoms with Gasteiger partial charge in [-0.25, -0.2) is 0 Å². The summed E-state index contributed by atoms with van der Waals surface area (Å²) in [5.74, 6) is 0.684. The standard InChI is InChI=1S/C9H13BrClNS/c1-7(4-11)12(2)5-9-3-8(10)6-13-9/h3,6-7H,4-5H2,1-2H3. The van der Waals surface area contributed by atoms with E-state index in [1.54, 1.807) is 11.3 Å². The average Bonchev–Trinajstić information content (AvgIpc) is 2.49. The van der Waals surface area contributed by atoms with Crippen molar-refractivity contribution in [2.24, 2.45) is 0 Å². The van der Waals surface area contributed by atoms with Gasteiger partial charge in [0.2, 0.25) is 0 Å². The normalized spacial score (nSPS) is 13.6. The summed E-state index contributed by atoms with van der Waals surface area (Å²) in [4.78, 5) is 3.62. The maximum absolute atomic E-state index is 5.77. The minimum atomic E-state index is 0.433. The highest BCUT2D eigenvalue weighted by Gasteiger charge is 2.08. The second kappa shape index (κ2) is 5.35. The lowest BCUT2D eigenvalue weighted by Crippen LogP contribution is -2.29. The molecule has 74 valence electrons.